The third kappa shape index (κ3) is 4.83. The van der Waals surface area contributed by atoms with E-state index in [1.54, 1.807) is 4.90 Å². The molecule has 2 amide bonds. The van der Waals surface area contributed by atoms with E-state index in [9.17, 15) is 14.4 Å². The molecule has 0 bridgehead atoms. The molecule has 6 nitrogen and oxygen atoms in total. The molecular formula is C23H26N2O4. The number of ether oxygens (including phenoxy) is 1. The number of carbonyl (C=O) groups is 3. The van der Waals surface area contributed by atoms with E-state index in [1.807, 2.05) is 69.3 Å². The van der Waals surface area contributed by atoms with Crippen molar-refractivity contribution in [1.29, 1.82) is 0 Å². The maximum absolute atomic E-state index is 12.4. The van der Waals surface area contributed by atoms with Gasteiger partial charge in [0.25, 0.3) is 5.91 Å². The Morgan fingerprint density at radius 2 is 1.76 bits per heavy atom. The topological polar surface area (TPSA) is 75.7 Å². The zero-order valence-electron chi connectivity index (χ0n) is 17.0. The van der Waals surface area contributed by atoms with Crippen LogP contribution in [0.2, 0.25) is 0 Å². The monoisotopic (exact) mass is 394 g/mol. The summed E-state index contributed by atoms with van der Waals surface area (Å²) in [6.07, 6.45) is 0.106. The summed E-state index contributed by atoms with van der Waals surface area (Å²) in [6.45, 7) is 5.68. The summed E-state index contributed by atoms with van der Waals surface area (Å²) in [7, 11) is 0. The molecule has 1 N–H and O–H groups in total. The van der Waals surface area contributed by atoms with Crippen LogP contribution in [0.4, 0.5) is 5.69 Å². The van der Waals surface area contributed by atoms with Gasteiger partial charge in [0, 0.05) is 18.7 Å². The van der Waals surface area contributed by atoms with Crippen LogP contribution in [0.25, 0.3) is 0 Å². The minimum atomic E-state index is -0.554. The molecular weight excluding hydrogens is 368 g/mol. The molecule has 2 atom stereocenters. The highest BCUT2D eigenvalue weighted by atomic mass is 16.5. The summed E-state index contributed by atoms with van der Waals surface area (Å²) in [6, 6.07) is 15.3. The fraction of sp³-hybridized carbons (Fsp3) is 0.348. The van der Waals surface area contributed by atoms with E-state index in [-0.39, 0.29) is 25.0 Å². The highest BCUT2D eigenvalue weighted by molar-refractivity contribution is 5.95. The summed E-state index contributed by atoms with van der Waals surface area (Å²) < 4.78 is 5.19. The van der Waals surface area contributed by atoms with Gasteiger partial charge < -0.3 is 15.0 Å². The van der Waals surface area contributed by atoms with Crippen LogP contribution in [-0.2, 0) is 19.1 Å². The number of hydrogen-bond donors (Lipinski definition) is 1. The number of para-hydroxylation sites is 1. The summed E-state index contributed by atoms with van der Waals surface area (Å²) >= 11 is 0. The Morgan fingerprint density at radius 3 is 2.41 bits per heavy atom. The lowest BCUT2D eigenvalue weighted by atomic mass is 10.1. The molecule has 1 heterocycles. The van der Waals surface area contributed by atoms with Gasteiger partial charge in [0.15, 0.2) is 6.61 Å². The van der Waals surface area contributed by atoms with Gasteiger partial charge in [-0.2, -0.15) is 0 Å². The van der Waals surface area contributed by atoms with E-state index in [1.165, 1.54) is 0 Å². The normalized spacial score (nSPS) is 17.1. The Balaban J connectivity index is 1.53. The standard InChI is InChI=1S/C23H26N2O4/c1-15-8-7-9-16(2)22(15)24-20(26)14-29-23(28)19-12-21(27)25(13-19)17(3)18-10-5-4-6-11-18/h4-11,17,19H,12-14H2,1-3H3,(H,24,26)/t17-,19+/m0/s1. The van der Waals surface area contributed by atoms with Crippen LogP contribution in [-0.4, -0.2) is 35.8 Å². The second-order valence-corrected chi connectivity index (χ2v) is 7.46. The van der Waals surface area contributed by atoms with Gasteiger partial charge in [-0.25, -0.2) is 0 Å². The van der Waals surface area contributed by atoms with Crippen LogP contribution in [0.1, 0.15) is 36.1 Å². The van der Waals surface area contributed by atoms with E-state index < -0.39 is 17.8 Å². The van der Waals surface area contributed by atoms with E-state index in [0.717, 1.165) is 22.4 Å². The largest absolute Gasteiger partial charge is 0.455 e. The molecule has 6 heteroatoms. The minimum Gasteiger partial charge on any atom is -0.455 e. The van der Waals surface area contributed by atoms with Crippen LogP contribution in [0.5, 0.6) is 0 Å². The molecule has 1 saturated heterocycles. The molecule has 0 unspecified atom stereocenters. The average Bonchev–Trinajstić information content (AvgIpc) is 3.11. The average molecular weight is 394 g/mol. The highest BCUT2D eigenvalue weighted by Crippen LogP contribution is 2.29. The predicted octanol–water partition coefficient (Wildman–Crippen LogP) is 3.39. The van der Waals surface area contributed by atoms with Crippen LogP contribution >= 0.6 is 0 Å². The van der Waals surface area contributed by atoms with Crippen LogP contribution in [0, 0.1) is 19.8 Å². The fourth-order valence-electron chi connectivity index (χ4n) is 3.62. The zero-order chi connectivity index (χ0) is 21.0. The first-order valence-electron chi connectivity index (χ1n) is 9.74. The van der Waals surface area contributed by atoms with Gasteiger partial charge >= 0.3 is 5.97 Å². The summed E-state index contributed by atoms with van der Waals surface area (Å²) in [5.41, 5.74) is 3.63. The second kappa shape index (κ2) is 8.90. The lowest BCUT2D eigenvalue weighted by Gasteiger charge is -2.25. The number of amides is 2. The maximum atomic E-state index is 12.4. The lowest BCUT2D eigenvalue weighted by molar-refractivity contribution is -0.151. The number of anilines is 1. The van der Waals surface area contributed by atoms with Gasteiger partial charge in [-0.3, -0.25) is 14.4 Å². The molecule has 0 spiro atoms. The van der Waals surface area contributed by atoms with Gasteiger partial charge in [-0.15, -0.1) is 0 Å². The third-order valence-corrected chi connectivity index (χ3v) is 5.33. The SMILES string of the molecule is Cc1cccc(C)c1NC(=O)COC(=O)[C@@H]1CC(=O)N([C@@H](C)c2ccccc2)C1. The van der Waals surface area contributed by atoms with E-state index >= 15 is 0 Å². The Hall–Kier alpha value is -3.15. The molecule has 1 aliphatic rings. The van der Waals surface area contributed by atoms with Gasteiger partial charge in [-0.1, -0.05) is 48.5 Å². The molecule has 0 radical (unpaired) electrons. The molecule has 152 valence electrons. The number of benzene rings is 2. The smallest absolute Gasteiger partial charge is 0.311 e. The van der Waals surface area contributed by atoms with Gasteiger partial charge in [-0.05, 0) is 37.5 Å². The zero-order valence-corrected chi connectivity index (χ0v) is 17.0. The minimum absolute atomic E-state index is 0.0803. The van der Waals surface area contributed by atoms with Crippen LogP contribution in [0.15, 0.2) is 48.5 Å². The Labute approximate surface area is 170 Å². The fourth-order valence-corrected chi connectivity index (χ4v) is 3.62. The molecule has 3 rings (SSSR count). The molecule has 29 heavy (non-hydrogen) atoms. The molecule has 0 aromatic heterocycles. The number of hydrogen-bond acceptors (Lipinski definition) is 4. The number of rotatable bonds is 6. The number of carbonyl (C=O) groups excluding carboxylic acids is 3. The Kier molecular flexibility index (Phi) is 6.32. The molecule has 1 fully saturated rings. The van der Waals surface area contributed by atoms with Crippen LogP contribution in [0.3, 0.4) is 0 Å². The van der Waals surface area contributed by atoms with Crippen molar-refractivity contribution in [2.75, 3.05) is 18.5 Å². The second-order valence-electron chi connectivity index (χ2n) is 7.46. The summed E-state index contributed by atoms with van der Waals surface area (Å²) in [5, 5.41) is 2.79. The maximum Gasteiger partial charge on any atom is 0.311 e. The molecule has 2 aromatic rings. The molecule has 1 aliphatic heterocycles. The summed E-state index contributed by atoms with van der Waals surface area (Å²) in [5.74, 6) is -1.54. The summed E-state index contributed by atoms with van der Waals surface area (Å²) in [4.78, 5) is 38.7. The van der Waals surface area contributed by atoms with Crippen molar-refractivity contribution in [2.45, 2.75) is 33.2 Å². The molecule has 0 aliphatic carbocycles. The van der Waals surface area contributed by atoms with Crippen molar-refractivity contribution in [3.63, 3.8) is 0 Å². The van der Waals surface area contributed by atoms with Crippen LogP contribution < -0.4 is 5.32 Å². The Morgan fingerprint density at radius 1 is 1.10 bits per heavy atom. The quantitative estimate of drug-likeness (QED) is 0.762. The van der Waals surface area contributed by atoms with Crippen molar-refractivity contribution in [1.82, 2.24) is 4.90 Å². The highest BCUT2D eigenvalue weighted by Gasteiger charge is 2.38. The number of nitrogens with zero attached hydrogens (tertiary/aromatic N) is 1. The van der Waals surface area contributed by atoms with Crippen molar-refractivity contribution in [2.24, 2.45) is 5.92 Å². The van der Waals surface area contributed by atoms with Crippen molar-refractivity contribution in [3.05, 3.63) is 65.2 Å². The van der Waals surface area contributed by atoms with E-state index in [2.05, 4.69) is 5.32 Å². The van der Waals surface area contributed by atoms with Crippen molar-refractivity contribution < 1.29 is 19.1 Å². The van der Waals surface area contributed by atoms with Gasteiger partial charge in [0.2, 0.25) is 5.91 Å². The first-order chi connectivity index (χ1) is 13.9. The first kappa shape index (κ1) is 20.6. The van der Waals surface area contributed by atoms with E-state index in [4.69, 9.17) is 4.74 Å². The van der Waals surface area contributed by atoms with Crippen molar-refractivity contribution >= 4 is 23.5 Å². The molecule has 2 aromatic carbocycles. The number of likely N-dealkylation sites (tertiary alicyclic amines) is 1. The predicted molar refractivity (Wildman–Crippen MR) is 110 cm³/mol. The first-order valence-corrected chi connectivity index (χ1v) is 9.74. The number of aryl methyl sites for hydroxylation is 2. The van der Waals surface area contributed by atoms with Gasteiger partial charge in [0.1, 0.15) is 0 Å². The molecule has 0 saturated carbocycles. The number of esters is 1. The van der Waals surface area contributed by atoms with Gasteiger partial charge in [0.05, 0.1) is 12.0 Å². The number of nitrogens with one attached hydrogen (secondary N) is 1. The van der Waals surface area contributed by atoms with Crippen molar-refractivity contribution in [3.8, 4) is 0 Å². The Bertz CT molecular complexity index is 890. The van der Waals surface area contributed by atoms with E-state index in [0.29, 0.717) is 6.54 Å². The lowest BCUT2D eigenvalue weighted by Crippen LogP contribution is -2.30. The third-order valence-electron chi connectivity index (χ3n) is 5.33.